The minimum absolute atomic E-state index is 0.385. The third kappa shape index (κ3) is 2.40. The maximum atomic E-state index is 12.8. The van der Waals surface area contributed by atoms with E-state index in [9.17, 15) is 8.78 Å². The Morgan fingerprint density at radius 3 is 1.63 bits per heavy atom. The van der Waals surface area contributed by atoms with Crippen molar-refractivity contribution in [1.29, 1.82) is 0 Å². The molecule has 2 aromatic heterocycles. The van der Waals surface area contributed by atoms with Crippen molar-refractivity contribution in [3.8, 4) is 0 Å². The van der Waals surface area contributed by atoms with E-state index in [0.29, 0.717) is 11.6 Å². The zero-order chi connectivity index (χ0) is 13.2. The molecule has 3 heterocycles. The van der Waals surface area contributed by atoms with Crippen LogP contribution in [0.25, 0.3) is 0 Å². The summed E-state index contributed by atoms with van der Waals surface area (Å²) in [6.07, 6.45) is 5.81. The molecule has 0 aliphatic carbocycles. The summed E-state index contributed by atoms with van der Waals surface area (Å²) >= 11 is 0. The minimum Gasteiger partial charge on any atom is -0.358 e. The number of aromatic nitrogens is 2. The SMILES string of the molecule is Fc1ccc(N2[B]N(c3ccc(F)cn3)C=C2)nc1. The Kier molecular flexibility index (Phi) is 2.87. The van der Waals surface area contributed by atoms with E-state index in [0.717, 1.165) is 12.4 Å². The summed E-state index contributed by atoms with van der Waals surface area (Å²) in [7, 11) is 1.72. The van der Waals surface area contributed by atoms with Crippen LogP contribution < -0.4 is 9.62 Å². The zero-order valence-corrected chi connectivity index (χ0v) is 9.74. The van der Waals surface area contributed by atoms with Gasteiger partial charge in [0.15, 0.2) is 0 Å². The second kappa shape index (κ2) is 4.68. The van der Waals surface area contributed by atoms with Crippen LogP contribution in [-0.4, -0.2) is 17.5 Å². The first-order valence-electron chi connectivity index (χ1n) is 5.55. The maximum absolute atomic E-state index is 12.8. The number of rotatable bonds is 2. The number of hydrogen-bond donors (Lipinski definition) is 0. The highest BCUT2D eigenvalue weighted by Crippen LogP contribution is 2.19. The van der Waals surface area contributed by atoms with Crippen molar-refractivity contribution in [2.75, 3.05) is 9.62 Å². The van der Waals surface area contributed by atoms with E-state index in [1.165, 1.54) is 12.1 Å². The van der Waals surface area contributed by atoms with Crippen molar-refractivity contribution in [2.45, 2.75) is 0 Å². The molecule has 0 bridgehead atoms. The molecule has 2 aromatic rings. The van der Waals surface area contributed by atoms with Gasteiger partial charge >= 0.3 is 7.55 Å². The number of pyridine rings is 2. The Labute approximate surface area is 109 Å². The van der Waals surface area contributed by atoms with Crippen LogP contribution in [0.15, 0.2) is 49.1 Å². The largest absolute Gasteiger partial charge is 0.402 e. The Morgan fingerprint density at radius 1 is 0.789 bits per heavy atom. The van der Waals surface area contributed by atoms with E-state index >= 15 is 0 Å². The van der Waals surface area contributed by atoms with Gasteiger partial charge in [-0.15, -0.1) is 0 Å². The van der Waals surface area contributed by atoms with Crippen LogP contribution in [0.1, 0.15) is 0 Å². The van der Waals surface area contributed by atoms with Crippen molar-refractivity contribution in [3.63, 3.8) is 0 Å². The second-order valence-corrected chi connectivity index (χ2v) is 3.90. The van der Waals surface area contributed by atoms with E-state index in [-0.39, 0.29) is 11.6 Å². The highest BCUT2D eigenvalue weighted by atomic mass is 19.1. The van der Waals surface area contributed by atoms with E-state index in [1.54, 1.807) is 41.7 Å². The minimum atomic E-state index is -0.385. The molecule has 0 amide bonds. The van der Waals surface area contributed by atoms with Gasteiger partial charge in [0.1, 0.15) is 23.3 Å². The lowest BCUT2D eigenvalue weighted by atomic mass is 10.1. The Balaban J connectivity index is 1.76. The van der Waals surface area contributed by atoms with Gasteiger partial charge in [0, 0.05) is 12.4 Å². The molecule has 19 heavy (non-hydrogen) atoms. The molecule has 0 fully saturated rings. The third-order valence-corrected chi connectivity index (χ3v) is 2.59. The molecule has 93 valence electrons. The molecular weight excluding hydrogens is 249 g/mol. The van der Waals surface area contributed by atoms with Gasteiger partial charge in [-0.1, -0.05) is 0 Å². The maximum Gasteiger partial charge on any atom is 0.402 e. The first kappa shape index (κ1) is 11.6. The van der Waals surface area contributed by atoms with Crippen LogP contribution in [0.5, 0.6) is 0 Å². The van der Waals surface area contributed by atoms with Crippen LogP contribution in [-0.2, 0) is 0 Å². The summed E-state index contributed by atoms with van der Waals surface area (Å²) in [6.45, 7) is 0. The first-order chi connectivity index (χ1) is 9.22. The fraction of sp³-hybridized carbons (Fsp3) is 0. The van der Waals surface area contributed by atoms with Gasteiger partial charge < -0.3 is 9.62 Å². The zero-order valence-electron chi connectivity index (χ0n) is 9.74. The smallest absolute Gasteiger partial charge is 0.358 e. The molecule has 0 saturated heterocycles. The molecule has 1 radical (unpaired) electrons. The molecule has 4 nitrogen and oxygen atoms in total. The Bertz CT molecular complexity index is 547. The topological polar surface area (TPSA) is 32.3 Å². The normalized spacial score (nSPS) is 13.8. The van der Waals surface area contributed by atoms with Crippen molar-refractivity contribution < 1.29 is 8.78 Å². The number of anilines is 2. The van der Waals surface area contributed by atoms with Crippen LogP contribution >= 0.6 is 0 Å². The lowest BCUT2D eigenvalue weighted by Gasteiger charge is -2.17. The lowest BCUT2D eigenvalue weighted by molar-refractivity contribution is 0.621. The van der Waals surface area contributed by atoms with Crippen molar-refractivity contribution in [2.24, 2.45) is 0 Å². The number of nitrogens with zero attached hydrogens (tertiary/aromatic N) is 4. The van der Waals surface area contributed by atoms with E-state index < -0.39 is 0 Å². The van der Waals surface area contributed by atoms with Gasteiger partial charge in [0.2, 0.25) is 0 Å². The average molecular weight is 257 g/mol. The first-order valence-corrected chi connectivity index (χ1v) is 5.55. The van der Waals surface area contributed by atoms with Gasteiger partial charge in [-0.2, -0.15) is 0 Å². The molecule has 7 heteroatoms. The van der Waals surface area contributed by atoms with E-state index in [1.807, 2.05) is 0 Å². The van der Waals surface area contributed by atoms with E-state index in [4.69, 9.17) is 0 Å². The summed E-state index contributed by atoms with van der Waals surface area (Å²) in [5.74, 6) is 0.400. The average Bonchev–Trinajstić information content (AvgIpc) is 2.90. The standard InChI is InChI=1S/C12H8BF2N4/c14-9-1-3-11(16-7-9)18-5-6-19(13-18)12-4-2-10(15)8-17-12/h1-8H. The van der Waals surface area contributed by atoms with Gasteiger partial charge in [-0.05, 0) is 24.3 Å². The number of halogens is 2. The summed E-state index contributed by atoms with van der Waals surface area (Å²) in [5.41, 5.74) is 0. The second-order valence-electron chi connectivity index (χ2n) is 3.90. The van der Waals surface area contributed by atoms with Crippen LogP contribution in [0, 0.1) is 11.6 Å². The predicted octanol–water partition coefficient (Wildman–Crippen LogP) is 2.09. The van der Waals surface area contributed by atoms with Gasteiger partial charge in [0.05, 0.1) is 12.4 Å². The monoisotopic (exact) mass is 257 g/mol. The molecule has 0 unspecified atom stereocenters. The van der Waals surface area contributed by atoms with Crippen molar-refractivity contribution in [3.05, 3.63) is 60.7 Å². The molecule has 1 aliphatic heterocycles. The quantitative estimate of drug-likeness (QED) is 0.771. The molecule has 0 atom stereocenters. The summed E-state index contributed by atoms with van der Waals surface area (Å²) in [5, 5.41) is 0. The molecular formula is C12H8BF2N4. The van der Waals surface area contributed by atoms with Gasteiger partial charge in [0.25, 0.3) is 0 Å². The summed E-state index contributed by atoms with van der Waals surface area (Å²) < 4.78 is 25.6. The van der Waals surface area contributed by atoms with Crippen LogP contribution in [0.2, 0.25) is 0 Å². The summed E-state index contributed by atoms with van der Waals surface area (Å²) in [4.78, 5) is 11.4. The van der Waals surface area contributed by atoms with Gasteiger partial charge in [-0.25, -0.2) is 18.7 Å². The summed E-state index contributed by atoms with van der Waals surface area (Å²) in [6, 6.07) is 5.81. The van der Waals surface area contributed by atoms with Crippen molar-refractivity contribution in [1.82, 2.24) is 9.97 Å². The Hall–Kier alpha value is -2.44. The predicted molar refractivity (Wildman–Crippen MR) is 68.2 cm³/mol. The number of hydrogen-bond acceptors (Lipinski definition) is 4. The molecule has 3 rings (SSSR count). The van der Waals surface area contributed by atoms with E-state index in [2.05, 4.69) is 9.97 Å². The Morgan fingerprint density at radius 2 is 1.26 bits per heavy atom. The fourth-order valence-electron chi connectivity index (χ4n) is 1.67. The molecule has 0 spiro atoms. The molecule has 1 aliphatic rings. The third-order valence-electron chi connectivity index (χ3n) is 2.59. The fourth-order valence-corrected chi connectivity index (χ4v) is 1.67. The highest BCUT2D eigenvalue weighted by molar-refractivity contribution is 6.49. The van der Waals surface area contributed by atoms with Crippen molar-refractivity contribution >= 4 is 19.2 Å². The molecule has 0 aromatic carbocycles. The molecule has 0 saturated carbocycles. The molecule has 0 N–H and O–H groups in total. The van der Waals surface area contributed by atoms with Gasteiger partial charge in [-0.3, -0.25) is 0 Å². The lowest BCUT2D eigenvalue weighted by Crippen LogP contribution is -2.30. The van der Waals surface area contributed by atoms with Crippen LogP contribution in [0.4, 0.5) is 20.4 Å². The highest BCUT2D eigenvalue weighted by Gasteiger charge is 2.20. The van der Waals surface area contributed by atoms with Crippen LogP contribution in [0.3, 0.4) is 0 Å².